The Morgan fingerprint density at radius 2 is 2.21 bits per heavy atom. The monoisotopic (exact) mass is 257 g/mol. The van der Waals surface area contributed by atoms with Crippen LogP contribution in [0.3, 0.4) is 0 Å². The van der Waals surface area contributed by atoms with E-state index in [4.69, 9.17) is 4.42 Å². The maximum Gasteiger partial charge on any atom is 0.170 e. The van der Waals surface area contributed by atoms with Crippen LogP contribution in [0.15, 0.2) is 27.1 Å². The van der Waals surface area contributed by atoms with E-state index >= 15 is 0 Å². The van der Waals surface area contributed by atoms with E-state index in [1.165, 1.54) is 6.07 Å². The van der Waals surface area contributed by atoms with Gasteiger partial charge >= 0.3 is 0 Å². The first-order chi connectivity index (χ1) is 6.70. The van der Waals surface area contributed by atoms with Crippen molar-refractivity contribution in [3.05, 3.63) is 34.2 Å². The zero-order chi connectivity index (χ0) is 10.1. The van der Waals surface area contributed by atoms with Crippen molar-refractivity contribution in [2.45, 2.75) is 6.54 Å². The van der Waals surface area contributed by atoms with Gasteiger partial charge in [0.05, 0.1) is 6.54 Å². The molecule has 14 heavy (non-hydrogen) atoms. The van der Waals surface area contributed by atoms with Gasteiger partial charge in [-0.05, 0) is 25.2 Å². The van der Waals surface area contributed by atoms with Gasteiger partial charge in [0.2, 0.25) is 0 Å². The van der Waals surface area contributed by atoms with Gasteiger partial charge in [0.15, 0.2) is 11.4 Å². The number of halogens is 2. The quantitative estimate of drug-likeness (QED) is 0.895. The van der Waals surface area contributed by atoms with Gasteiger partial charge in [-0.2, -0.15) is 0 Å². The lowest BCUT2D eigenvalue weighted by Gasteiger charge is -1.93. The van der Waals surface area contributed by atoms with Crippen LogP contribution in [0.1, 0.15) is 5.76 Å². The van der Waals surface area contributed by atoms with E-state index in [0.717, 1.165) is 15.6 Å². The van der Waals surface area contributed by atoms with Crippen molar-refractivity contribution >= 4 is 26.9 Å². The van der Waals surface area contributed by atoms with Gasteiger partial charge < -0.3 is 9.73 Å². The molecule has 2 rings (SSSR count). The topological polar surface area (TPSA) is 25.2 Å². The third kappa shape index (κ3) is 1.67. The Morgan fingerprint density at radius 1 is 1.43 bits per heavy atom. The zero-order valence-corrected chi connectivity index (χ0v) is 9.19. The molecule has 0 amide bonds. The van der Waals surface area contributed by atoms with Crippen molar-refractivity contribution in [3.8, 4) is 0 Å². The Hall–Kier alpha value is -0.870. The summed E-state index contributed by atoms with van der Waals surface area (Å²) in [6, 6.07) is 5.07. The second-order valence-electron chi connectivity index (χ2n) is 3.05. The van der Waals surface area contributed by atoms with Crippen LogP contribution >= 0.6 is 15.9 Å². The molecule has 0 aliphatic rings. The fourth-order valence-electron chi connectivity index (χ4n) is 1.39. The van der Waals surface area contributed by atoms with Crippen molar-refractivity contribution in [3.63, 3.8) is 0 Å². The normalized spacial score (nSPS) is 11.1. The lowest BCUT2D eigenvalue weighted by molar-refractivity contribution is 0.507. The number of furan rings is 1. The molecule has 2 aromatic rings. The third-order valence-corrected chi connectivity index (χ3v) is 2.40. The molecule has 4 heteroatoms. The van der Waals surface area contributed by atoms with E-state index in [0.29, 0.717) is 12.1 Å². The van der Waals surface area contributed by atoms with Crippen molar-refractivity contribution in [1.82, 2.24) is 5.32 Å². The molecule has 1 aromatic carbocycles. The Labute approximate surface area is 89.2 Å². The Kier molecular flexibility index (Phi) is 2.56. The van der Waals surface area contributed by atoms with E-state index in [2.05, 4.69) is 21.2 Å². The SMILES string of the molecule is CNCc1cc2cc(Br)cc(F)c2o1. The van der Waals surface area contributed by atoms with Crippen molar-refractivity contribution in [2.75, 3.05) is 7.05 Å². The van der Waals surface area contributed by atoms with Gasteiger partial charge in [0.25, 0.3) is 0 Å². The summed E-state index contributed by atoms with van der Waals surface area (Å²) in [4.78, 5) is 0. The zero-order valence-electron chi connectivity index (χ0n) is 7.60. The van der Waals surface area contributed by atoms with E-state index < -0.39 is 0 Å². The summed E-state index contributed by atoms with van der Waals surface area (Å²) in [5.74, 6) is 0.399. The summed E-state index contributed by atoms with van der Waals surface area (Å²) in [5.41, 5.74) is 0.318. The van der Waals surface area contributed by atoms with E-state index in [-0.39, 0.29) is 5.82 Å². The van der Waals surface area contributed by atoms with Crippen LogP contribution in [-0.4, -0.2) is 7.05 Å². The van der Waals surface area contributed by atoms with Gasteiger partial charge in [-0.15, -0.1) is 0 Å². The largest absolute Gasteiger partial charge is 0.457 e. The molecule has 0 aliphatic heterocycles. The smallest absolute Gasteiger partial charge is 0.170 e. The first-order valence-electron chi connectivity index (χ1n) is 4.23. The molecule has 0 unspecified atom stereocenters. The maximum absolute atomic E-state index is 13.4. The fraction of sp³-hybridized carbons (Fsp3) is 0.200. The number of nitrogens with one attached hydrogen (secondary N) is 1. The molecule has 0 aliphatic carbocycles. The summed E-state index contributed by atoms with van der Waals surface area (Å²) in [6.07, 6.45) is 0. The van der Waals surface area contributed by atoms with Gasteiger partial charge in [0, 0.05) is 9.86 Å². The number of hydrogen-bond acceptors (Lipinski definition) is 2. The average molecular weight is 258 g/mol. The first kappa shape index (κ1) is 9.68. The van der Waals surface area contributed by atoms with E-state index in [1.54, 1.807) is 0 Å². The molecule has 0 bridgehead atoms. The first-order valence-corrected chi connectivity index (χ1v) is 5.02. The lowest BCUT2D eigenvalue weighted by Crippen LogP contribution is -2.03. The number of hydrogen-bond donors (Lipinski definition) is 1. The van der Waals surface area contributed by atoms with Crippen LogP contribution in [0, 0.1) is 5.82 Å². The van der Waals surface area contributed by atoms with Crippen LogP contribution in [0.25, 0.3) is 11.0 Å². The second-order valence-corrected chi connectivity index (χ2v) is 3.96. The van der Waals surface area contributed by atoms with Crippen molar-refractivity contribution in [2.24, 2.45) is 0 Å². The Balaban J connectivity index is 2.58. The highest BCUT2D eigenvalue weighted by atomic mass is 79.9. The molecule has 0 saturated heterocycles. The second kappa shape index (κ2) is 3.71. The fourth-order valence-corrected chi connectivity index (χ4v) is 1.84. The summed E-state index contributed by atoms with van der Waals surface area (Å²) in [5, 5.41) is 3.73. The highest BCUT2D eigenvalue weighted by Gasteiger charge is 2.08. The Morgan fingerprint density at radius 3 is 2.93 bits per heavy atom. The van der Waals surface area contributed by atoms with Crippen LogP contribution in [-0.2, 0) is 6.54 Å². The predicted molar refractivity (Wildman–Crippen MR) is 56.6 cm³/mol. The average Bonchev–Trinajstić information content (AvgIpc) is 2.48. The Bertz CT molecular complexity index is 466. The van der Waals surface area contributed by atoms with Crippen molar-refractivity contribution < 1.29 is 8.81 Å². The van der Waals surface area contributed by atoms with Crippen molar-refractivity contribution in [1.29, 1.82) is 0 Å². The molecular weight excluding hydrogens is 249 g/mol. The highest BCUT2D eigenvalue weighted by Crippen LogP contribution is 2.26. The maximum atomic E-state index is 13.4. The number of rotatable bonds is 2. The lowest BCUT2D eigenvalue weighted by atomic mass is 10.2. The highest BCUT2D eigenvalue weighted by molar-refractivity contribution is 9.10. The molecule has 0 spiro atoms. The summed E-state index contributed by atoms with van der Waals surface area (Å²) >= 11 is 3.23. The predicted octanol–water partition coefficient (Wildman–Crippen LogP) is 3.05. The van der Waals surface area contributed by atoms with Gasteiger partial charge in [0.1, 0.15) is 5.76 Å². The van der Waals surface area contributed by atoms with Crippen LogP contribution in [0.4, 0.5) is 4.39 Å². The minimum atomic E-state index is -0.336. The molecule has 1 aromatic heterocycles. The minimum Gasteiger partial charge on any atom is -0.457 e. The molecule has 1 N–H and O–H groups in total. The van der Waals surface area contributed by atoms with Crippen LogP contribution < -0.4 is 5.32 Å². The molecule has 74 valence electrons. The van der Waals surface area contributed by atoms with Gasteiger partial charge in [-0.25, -0.2) is 4.39 Å². The van der Waals surface area contributed by atoms with E-state index in [1.807, 2.05) is 19.2 Å². The van der Waals surface area contributed by atoms with Gasteiger partial charge in [-0.3, -0.25) is 0 Å². The summed E-state index contributed by atoms with van der Waals surface area (Å²) in [7, 11) is 1.82. The molecule has 0 saturated carbocycles. The molecule has 1 heterocycles. The summed E-state index contributed by atoms with van der Waals surface area (Å²) in [6.45, 7) is 0.603. The van der Waals surface area contributed by atoms with Crippen LogP contribution in [0.2, 0.25) is 0 Å². The van der Waals surface area contributed by atoms with Crippen LogP contribution in [0.5, 0.6) is 0 Å². The number of benzene rings is 1. The molecular formula is C10H9BrFNO. The molecule has 0 atom stereocenters. The number of fused-ring (bicyclic) bond motifs is 1. The summed E-state index contributed by atoms with van der Waals surface area (Å²) < 4.78 is 19.4. The molecule has 0 radical (unpaired) electrons. The minimum absolute atomic E-state index is 0.318. The van der Waals surface area contributed by atoms with Gasteiger partial charge in [-0.1, -0.05) is 15.9 Å². The molecule has 0 fully saturated rings. The standard InChI is InChI=1S/C10H9BrFNO/c1-13-5-8-3-6-2-7(11)4-9(12)10(6)14-8/h2-4,13H,5H2,1H3. The third-order valence-electron chi connectivity index (χ3n) is 1.94. The van der Waals surface area contributed by atoms with E-state index in [9.17, 15) is 4.39 Å². The molecule has 2 nitrogen and oxygen atoms in total.